The standard InChI is InChI=1S/C17H16N2O/c1-12-8-9-14-15(10-12)16(18-19(2)17(14)20)11-13-6-4-3-5-7-13/h3-10H,11H2,1-2H3. The van der Waals surface area contributed by atoms with Crippen molar-refractivity contribution in [3.8, 4) is 0 Å². The molecule has 0 amide bonds. The van der Waals surface area contributed by atoms with Gasteiger partial charge in [-0.05, 0) is 24.6 Å². The van der Waals surface area contributed by atoms with E-state index >= 15 is 0 Å². The van der Waals surface area contributed by atoms with E-state index in [2.05, 4.69) is 17.2 Å². The Kier molecular flexibility index (Phi) is 3.11. The highest BCUT2D eigenvalue weighted by Gasteiger charge is 2.09. The summed E-state index contributed by atoms with van der Waals surface area (Å²) in [6, 6.07) is 16.1. The summed E-state index contributed by atoms with van der Waals surface area (Å²) in [6.07, 6.45) is 0.731. The topological polar surface area (TPSA) is 34.9 Å². The molecule has 0 radical (unpaired) electrons. The van der Waals surface area contributed by atoms with Gasteiger partial charge in [-0.3, -0.25) is 4.79 Å². The Morgan fingerprint density at radius 3 is 2.55 bits per heavy atom. The number of rotatable bonds is 2. The van der Waals surface area contributed by atoms with E-state index in [0.29, 0.717) is 0 Å². The van der Waals surface area contributed by atoms with Crippen LogP contribution in [-0.4, -0.2) is 9.78 Å². The van der Waals surface area contributed by atoms with Crippen molar-refractivity contribution in [1.82, 2.24) is 9.78 Å². The highest BCUT2D eigenvalue weighted by atomic mass is 16.1. The van der Waals surface area contributed by atoms with Crippen LogP contribution in [0.25, 0.3) is 10.8 Å². The minimum Gasteiger partial charge on any atom is -0.267 e. The van der Waals surface area contributed by atoms with E-state index in [9.17, 15) is 4.79 Å². The van der Waals surface area contributed by atoms with Gasteiger partial charge in [-0.2, -0.15) is 5.10 Å². The van der Waals surface area contributed by atoms with Crippen molar-refractivity contribution in [2.45, 2.75) is 13.3 Å². The predicted molar refractivity (Wildman–Crippen MR) is 81.0 cm³/mol. The first-order valence-corrected chi connectivity index (χ1v) is 6.65. The molecule has 0 aliphatic rings. The molecular formula is C17H16N2O. The van der Waals surface area contributed by atoms with Crippen molar-refractivity contribution < 1.29 is 0 Å². The number of nitrogens with zero attached hydrogens (tertiary/aromatic N) is 2. The van der Waals surface area contributed by atoms with Gasteiger partial charge in [-0.1, -0.05) is 42.0 Å². The molecule has 100 valence electrons. The molecule has 0 aliphatic heterocycles. The van der Waals surface area contributed by atoms with E-state index < -0.39 is 0 Å². The van der Waals surface area contributed by atoms with Gasteiger partial charge in [0.25, 0.3) is 5.56 Å². The van der Waals surface area contributed by atoms with Crippen molar-refractivity contribution >= 4 is 10.8 Å². The lowest BCUT2D eigenvalue weighted by atomic mass is 10.0. The zero-order valence-corrected chi connectivity index (χ0v) is 11.6. The van der Waals surface area contributed by atoms with Gasteiger partial charge in [0.15, 0.2) is 0 Å². The lowest BCUT2D eigenvalue weighted by Crippen LogP contribution is -2.21. The molecule has 0 fully saturated rings. The minimum absolute atomic E-state index is 0.0446. The van der Waals surface area contributed by atoms with E-state index in [1.807, 2.05) is 43.3 Å². The second-order valence-electron chi connectivity index (χ2n) is 5.09. The zero-order valence-electron chi connectivity index (χ0n) is 11.6. The molecule has 2 aromatic carbocycles. The monoisotopic (exact) mass is 264 g/mol. The molecular weight excluding hydrogens is 248 g/mol. The largest absolute Gasteiger partial charge is 0.274 e. The van der Waals surface area contributed by atoms with Crippen LogP contribution in [-0.2, 0) is 13.5 Å². The van der Waals surface area contributed by atoms with Crippen LogP contribution in [0.5, 0.6) is 0 Å². The summed E-state index contributed by atoms with van der Waals surface area (Å²) in [6.45, 7) is 2.03. The van der Waals surface area contributed by atoms with Gasteiger partial charge in [0, 0.05) is 18.9 Å². The molecule has 20 heavy (non-hydrogen) atoms. The van der Waals surface area contributed by atoms with Crippen LogP contribution in [0.3, 0.4) is 0 Å². The van der Waals surface area contributed by atoms with Crippen molar-refractivity contribution in [3.05, 3.63) is 75.7 Å². The molecule has 3 heteroatoms. The van der Waals surface area contributed by atoms with Crippen molar-refractivity contribution in [2.24, 2.45) is 7.05 Å². The van der Waals surface area contributed by atoms with Gasteiger partial charge in [-0.15, -0.1) is 0 Å². The Bertz CT molecular complexity index is 820. The number of hydrogen-bond acceptors (Lipinski definition) is 2. The molecule has 3 aromatic rings. The van der Waals surface area contributed by atoms with Crippen LogP contribution in [0.2, 0.25) is 0 Å². The molecule has 0 spiro atoms. The summed E-state index contributed by atoms with van der Waals surface area (Å²) in [7, 11) is 1.70. The van der Waals surface area contributed by atoms with Crippen LogP contribution in [0.4, 0.5) is 0 Å². The second kappa shape index (κ2) is 4.93. The summed E-state index contributed by atoms with van der Waals surface area (Å²) >= 11 is 0. The average molecular weight is 264 g/mol. The summed E-state index contributed by atoms with van der Waals surface area (Å²) in [5.41, 5.74) is 3.23. The van der Waals surface area contributed by atoms with Gasteiger partial charge in [-0.25, -0.2) is 4.68 Å². The van der Waals surface area contributed by atoms with E-state index in [-0.39, 0.29) is 5.56 Å². The summed E-state index contributed by atoms with van der Waals surface area (Å²) in [5, 5.41) is 6.13. The maximum atomic E-state index is 12.1. The highest BCUT2D eigenvalue weighted by Crippen LogP contribution is 2.18. The van der Waals surface area contributed by atoms with Crippen molar-refractivity contribution in [2.75, 3.05) is 0 Å². The summed E-state index contributed by atoms with van der Waals surface area (Å²) in [4.78, 5) is 12.1. The SMILES string of the molecule is Cc1ccc2c(=O)n(C)nc(Cc3ccccc3)c2c1. The number of aromatic nitrogens is 2. The molecule has 0 bridgehead atoms. The summed E-state index contributed by atoms with van der Waals surface area (Å²) in [5.74, 6) is 0. The van der Waals surface area contributed by atoms with E-state index in [1.54, 1.807) is 7.05 Å². The maximum absolute atomic E-state index is 12.1. The molecule has 0 saturated heterocycles. The number of hydrogen-bond donors (Lipinski definition) is 0. The lowest BCUT2D eigenvalue weighted by Gasteiger charge is -2.09. The van der Waals surface area contributed by atoms with Crippen molar-refractivity contribution in [1.29, 1.82) is 0 Å². The second-order valence-corrected chi connectivity index (χ2v) is 5.09. The maximum Gasteiger partial charge on any atom is 0.274 e. The molecule has 0 aliphatic carbocycles. The number of fused-ring (bicyclic) bond motifs is 1. The third kappa shape index (κ3) is 2.23. The first-order valence-electron chi connectivity index (χ1n) is 6.65. The third-order valence-corrected chi connectivity index (χ3v) is 3.50. The fourth-order valence-electron chi connectivity index (χ4n) is 2.46. The third-order valence-electron chi connectivity index (χ3n) is 3.50. The van der Waals surface area contributed by atoms with Gasteiger partial charge < -0.3 is 0 Å². The highest BCUT2D eigenvalue weighted by molar-refractivity contribution is 5.84. The first-order chi connectivity index (χ1) is 9.65. The number of aryl methyl sites for hydroxylation is 2. The van der Waals surface area contributed by atoms with Crippen LogP contribution in [0.1, 0.15) is 16.8 Å². The Balaban J connectivity index is 2.22. The van der Waals surface area contributed by atoms with Crippen LogP contribution in [0.15, 0.2) is 53.3 Å². The van der Waals surface area contributed by atoms with E-state index in [0.717, 1.165) is 28.5 Å². The smallest absolute Gasteiger partial charge is 0.267 e. The van der Waals surface area contributed by atoms with E-state index in [4.69, 9.17) is 0 Å². The van der Waals surface area contributed by atoms with Gasteiger partial charge >= 0.3 is 0 Å². The first kappa shape index (κ1) is 12.6. The normalized spacial score (nSPS) is 10.9. The van der Waals surface area contributed by atoms with Gasteiger partial charge in [0.2, 0.25) is 0 Å². The Morgan fingerprint density at radius 1 is 1.05 bits per heavy atom. The fraction of sp³-hybridized carbons (Fsp3) is 0.176. The van der Waals surface area contributed by atoms with Crippen molar-refractivity contribution in [3.63, 3.8) is 0 Å². The quantitative estimate of drug-likeness (QED) is 0.713. The molecule has 0 N–H and O–H groups in total. The molecule has 0 atom stereocenters. The van der Waals surface area contributed by atoms with Crippen LogP contribution in [0, 0.1) is 6.92 Å². The van der Waals surface area contributed by atoms with Gasteiger partial charge in [0.1, 0.15) is 0 Å². The zero-order chi connectivity index (χ0) is 14.1. The fourth-order valence-corrected chi connectivity index (χ4v) is 2.46. The van der Waals surface area contributed by atoms with Crippen LogP contribution < -0.4 is 5.56 Å². The molecule has 0 saturated carbocycles. The Labute approximate surface area is 117 Å². The van der Waals surface area contributed by atoms with Crippen LogP contribution >= 0.6 is 0 Å². The molecule has 1 aromatic heterocycles. The minimum atomic E-state index is -0.0446. The van der Waals surface area contributed by atoms with E-state index in [1.165, 1.54) is 10.2 Å². The molecule has 3 nitrogen and oxygen atoms in total. The Morgan fingerprint density at radius 2 is 1.80 bits per heavy atom. The number of benzene rings is 2. The summed E-state index contributed by atoms with van der Waals surface area (Å²) < 4.78 is 1.43. The predicted octanol–water partition coefficient (Wildman–Crippen LogP) is 2.83. The lowest BCUT2D eigenvalue weighted by molar-refractivity contribution is 0.697. The van der Waals surface area contributed by atoms with Gasteiger partial charge in [0.05, 0.1) is 11.1 Å². The molecule has 0 unspecified atom stereocenters. The molecule has 1 heterocycles. The average Bonchev–Trinajstić information content (AvgIpc) is 2.45. The molecule has 3 rings (SSSR count). The Hall–Kier alpha value is -2.42.